The highest BCUT2D eigenvalue weighted by Gasteiger charge is 2.14. The van der Waals surface area contributed by atoms with Crippen LogP contribution in [0, 0.1) is 0 Å². The van der Waals surface area contributed by atoms with Crippen molar-refractivity contribution in [3.05, 3.63) is 41.3 Å². The SMILES string of the molecule is CCC(CC)c1cc(CNC(=NC)NCc2ccc(OC)c(OC(F)F)c2)on1.I. The first-order chi connectivity index (χ1) is 14.0. The number of ether oxygens (including phenoxy) is 2. The van der Waals surface area contributed by atoms with Crippen LogP contribution in [0.15, 0.2) is 33.8 Å². The molecule has 0 radical (unpaired) electrons. The smallest absolute Gasteiger partial charge is 0.387 e. The summed E-state index contributed by atoms with van der Waals surface area (Å²) in [5.74, 6) is 1.88. The Morgan fingerprint density at radius 3 is 2.43 bits per heavy atom. The summed E-state index contributed by atoms with van der Waals surface area (Å²) in [5.41, 5.74) is 1.69. The minimum atomic E-state index is -2.92. The minimum Gasteiger partial charge on any atom is -0.493 e. The Labute approximate surface area is 192 Å². The Hall–Kier alpha value is -2.11. The third-order valence-corrected chi connectivity index (χ3v) is 4.54. The van der Waals surface area contributed by atoms with Gasteiger partial charge in [-0.05, 0) is 30.5 Å². The molecule has 168 valence electrons. The van der Waals surface area contributed by atoms with E-state index in [4.69, 9.17) is 9.26 Å². The lowest BCUT2D eigenvalue weighted by Crippen LogP contribution is -2.36. The van der Waals surface area contributed by atoms with Crippen LogP contribution in [0.25, 0.3) is 0 Å². The van der Waals surface area contributed by atoms with E-state index in [0.717, 1.165) is 24.1 Å². The summed E-state index contributed by atoms with van der Waals surface area (Å²) in [4.78, 5) is 4.15. The maximum absolute atomic E-state index is 12.6. The first-order valence-electron chi connectivity index (χ1n) is 9.52. The van der Waals surface area contributed by atoms with Crippen molar-refractivity contribution >= 4 is 29.9 Å². The van der Waals surface area contributed by atoms with Gasteiger partial charge in [0.1, 0.15) is 0 Å². The fraction of sp³-hybridized carbons (Fsp3) is 0.500. The number of halogens is 3. The maximum atomic E-state index is 12.6. The number of nitrogens with zero attached hydrogens (tertiary/aromatic N) is 2. The average Bonchev–Trinajstić information content (AvgIpc) is 3.17. The Morgan fingerprint density at radius 1 is 1.13 bits per heavy atom. The summed E-state index contributed by atoms with van der Waals surface area (Å²) in [6.07, 6.45) is 2.02. The summed E-state index contributed by atoms with van der Waals surface area (Å²) in [6.45, 7) is 2.12. The molecule has 0 aliphatic rings. The van der Waals surface area contributed by atoms with Crippen LogP contribution in [0.5, 0.6) is 11.5 Å². The number of guanidine groups is 1. The highest BCUT2D eigenvalue weighted by molar-refractivity contribution is 14.0. The van der Waals surface area contributed by atoms with Crippen molar-refractivity contribution in [2.24, 2.45) is 4.99 Å². The molecule has 10 heteroatoms. The fourth-order valence-electron chi connectivity index (χ4n) is 2.91. The number of methoxy groups -OCH3 is 1. The highest BCUT2D eigenvalue weighted by atomic mass is 127. The van der Waals surface area contributed by atoms with Gasteiger partial charge < -0.3 is 24.6 Å². The zero-order valence-corrected chi connectivity index (χ0v) is 19.9. The zero-order chi connectivity index (χ0) is 21.2. The van der Waals surface area contributed by atoms with Crippen molar-refractivity contribution in [3.8, 4) is 11.5 Å². The molecular formula is C20H29F2IN4O3. The third kappa shape index (κ3) is 7.62. The van der Waals surface area contributed by atoms with E-state index >= 15 is 0 Å². The van der Waals surface area contributed by atoms with Gasteiger partial charge in [-0.2, -0.15) is 8.78 Å². The average molecular weight is 538 g/mol. The monoisotopic (exact) mass is 538 g/mol. The standard InChI is InChI=1S/C20H28F2N4O3.HI/c1-5-14(6-2)16-10-15(29-26-16)12-25-20(23-3)24-11-13-7-8-17(27-4)18(9-13)28-19(21)22;/h7-10,14,19H,5-6,11-12H2,1-4H3,(H2,23,24,25);1H. The van der Waals surface area contributed by atoms with Crippen LogP contribution in [0.3, 0.4) is 0 Å². The molecule has 0 fully saturated rings. The lowest BCUT2D eigenvalue weighted by Gasteiger charge is -2.13. The van der Waals surface area contributed by atoms with Crippen LogP contribution < -0.4 is 20.1 Å². The molecule has 0 spiro atoms. The van der Waals surface area contributed by atoms with E-state index in [0.29, 0.717) is 30.7 Å². The lowest BCUT2D eigenvalue weighted by molar-refractivity contribution is -0.0512. The molecule has 0 saturated carbocycles. The van der Waals surface area contributed by atoms with Gasteiger partial charge in [0, 0.05) is 25.6 Å². The van der Waals surface area contributed by atoms with Crippen LogP contribution in [-0.4, -0.2) is 31.9 Å². The molecule has 0 saturated heterocycles. The quantitative estimate of drug-likeness (QED) is 0.260. The summed E-state index contributed by atoms with van der Waals surface area (Å²) in [5, 5.41) is 10.4. The molecule has 30 heavy (non-hydrogen) atoms. The number of hydrogen-bond acceptors (Lipinski definition) is 5. The number of benzene rings is 1. The van der Waals surface area contributed by atoms with Crippen LogP contribution in [0.4, 0.5) is 8.78 Å². The molecule has 0 amide bonds. The summed E-state index contributed by atoms with van der Waals surface area (Å²) >= 11 is 0. The minimum absolute atomic E-state index is 0. The number of hydrogen-bond donors (Lipinski definition) is 2. The number of aromatic nitrogens is 1. The molecule has 0 aliphatic heterocycles. The van der Waals surface area contributed by atoms with Crippen molar-refractivity contribution in [1.82, 2.24) is 15.8 Å². The van der Waals surface area contributed by atoms with Crippen molar-refractivity contribution < 1.29 is 22.8 Å². The molecule has 0 atom stereocenters. The van der Waals surface area contributed by atoms with Gasteiger partial charge in [-0.1, -0.05) is 25.1 Å². The van der Waals surface area contributed by atoms with Gasteiger partial charge in [-0.15, -0.1) is 24.0 Å². The molecule has 1 aromatic heterocycles. The number of nitrogens with one attached hydrogen (secondary N) is 2. The molecule has 0 aliphatic carbocycles. The lowest BCUT2D eigenvalue weighted by atomic mass is 9.99. The van der Waals surface area contributed by atoms with Gasteiger partial charge >= 0.3 is 6.61 Å². The first-order valence-corrected chi connectivity index (χ1v) is 9.52. The molecule has 1 heterocycles. The van der Waals surface area contributed by atoms with E-state index in [2.05, 4.69) is 39.4 Å². The van der Waals surface area contributed by atoms with E-state index in [1.54, 1.807) is 19.2 Å². The third-order valence-electron chi connectivity index (χ3n) is 4.54. The molecule has 2 rings (SSSR count). The van der Waals surface area contributed by atoms with Crippen molar-refractivity contribution in [2.45, 2.75) is 52.3 Å². The van der Waals surface area contributed by atoms with E-state index in [1.807, 2.05) is 6.07 Å². The normalized spacial score (nSPS) is 11.4. The maximum Gasteiger partial charge on any atom is 0.387 e. The highest BCUT2D eigenvalue weighted by Crippen LogP contribution is 2.29. The largest absolute Gasteiger partial charge is 0.493 e. The van der Waals surface area contributed by atoms with E-state index in [9.17, 15) is 8.78 Å². The van der Waals surface area contributed by atoms with E-state index in [-0.39, 0.29) is 35.5 Å². The number of alkyl halides is 2. The van der Waals surface area contributed by atoms with Gasteiger partial charge in [0.05, 0.1) is 19.3 Å². The Balaban J connectivity index is 0.00000450. The molecule has 7 nitrogen and oxygen atoms in total. The molecule has 2 aromatic rings. The number of rotatable bonds is 10. The van der Waals surface area contributed by atoms with Crippen molar-refractivity contribution in [1.29, 1.82) is 0 Å². The fourth-order valence-corrected chi connectivity index (χ4v) is 2.91. The predicted molar refractivity (Wildman–Crippen MR) is 122 cm³/mol. The van der Waals surface area contributed by atoms with E-state index < -0.39 is 6.61 Å². The summed E-state index contributed by atoms with van der Waals surface area (Å²) in [7, 11) is 3.04. The molecule has 1 aromatic carbocycles. The molecule has 0 bridgehead atoms. The van der Waals surface area contributed by atoms with Gasteiger partial charge in [-0.25, -0.2) is 0 Å². The van der Waals surface area contributed by atoms with Gasteiger partial charge in [0.15, 0.2) is 23.2 Å². The zero-order valence-electron chi connectivity index (χ0n) is 17.6. The molecule has 0 unspecified atom stereocenters. The van der Waals surface area contributed by atoms with Crippen LogP contribution in [-0.2, 0) is 13.1 Å². The van der Waals surface area contributed by atoms with Gasteiger partial charge in [0.25, 0.3) is 0 Å². The molecular weight excluding hydrogens is 509 g/mol. The predicted octanol–water partition coefficient (Wildman–Crippen LogP) is 4.67. The van der Waals surface area contributed by atoms with Gasteiger partial charge in [0.2, 0.25) is 0 Å². The topological polar surface area (TPSA) is 80.9 Å². The second kappa shape index (κ2) is 13.2. The first kappa shape index (κ1) is 25.9. The molecule has 2 N–H and O–H groups in total. The summed E-state index contributed by atoms with van der Waals surface area (Å²) < 4.78 is 40.1. The van der Waals surface area contributed by atoms with Crippen molar-refractivity contribution in [3.63, 3.8) is 0 Å². The Bertz CT molecular complexity index is 798. The van der Waals surface area contributed by atoms with Crippen LogP contribution in [0.1, 0.15) is 49.6 Å². The van der Waals surface area contributed by atoms with E-state index in [1.165, 1.54) is 13.2 Å². The number of aliphatic imine (C=N–C) groups is 1. The Morgan fingerprint density at radius 2 is 1.83 bits per heavy atom. The van der Waals surface area contributed by atoms with Crippen LogP contribution >= 0.6 is 24.0 Å². The summed E-state index contributed by atoms with van der Waals surface area (Å²) in [6, 6.07) is 6.80. The van der Waals surface area contributed by atoms with Crippen LogP contribution in [0.2, 0.25) is 0 Å². The second-order valence-electron chi connectivity index (χ2n) is 6.37. The van der Waals surface area contributed by atoms with Gasteiger partial charge in [-0.3, -0.25) is 4.99 Å². The second-order valence-corrected chi connectivity index (χ2v) is 6.37. The van der Waals surface area contributed by atoms with Crippen molar-refractivity contribution in [2.75, 3.05) is 14.2 Å². The Kier molecular flexibility index (Phi) is 11.4.